The Bertz CT molecular complexity index is 393. The van der Waals surface area contributed by atoms with Gasteiger partial charge in [0, 0.05) is 5.25 Å². The van der Waals surface area contributed by atoms with E-state index in [1.54, 1.807) is 24.9 Å². The van der Waals surface area contributed by atoms with Crippen LogP contribution < -0.4 is 5.73 Å². The van der Waals surface area contributed by atoms with Crippen LogP contribution in [0.1, 0.15) is 31.9 Å². The van der Waals surface area contributed by atoms with Crippen LogP contribution in [0.4, 0.5) is 0 Å². The molecule has 2 unspecified atom stereocenters. The highest BCUT2D eigenvalue weighted by molar-refractivity contribution is 7.99. The van der Waals surface area contributed by atoms with Crippen LogP contribution in [0, 0.1) is 0 Å². The minimum absolute atomic E-state index is 0.258. The number of hydrogen-bond donors (Lipinski definition) is 1. The standard InChI is InChI=1S/C13H19NO3S/c1-2-16-12(15)13(14)6-5-11(8-13)18-9-10-4-3-7-17-10/h3-4,7,11H,2,5-6,8-9,14H2,1H3. The van der Waals surface area contributed by atoms with Crippen molar-refractivity contribution in [1.29, 1.82) is 0 Å². The van der Waals surface area contributed by atoms with Crippen LogP contribution >= 0.6 is 11.8 Å². The Morgan fingerprint density at radius 3 is 3.22 bits per heavy atom. The Balaban J connectivity index is 1.82. The van der Waals surface area contributed by atoms with E-state index in [4.69, 9.17) is 14.9 Å². The van der Waals surface area contributed by atoms with E-state index >= 15 is 0 Å². The molecule has 18 heavy (non-hydrogen) atoms. The van der Waals surface area contributed by atoms with Crippen LogP contribution in [0.2, 0.25) is 0 Å². The van der Waals surface area contributed by atoms with Crippen LogP contribution in [0.15, 0.2) is 22.8 Å². The molecule has 1 aliphatic rings. The number of hydrogen-bond acceptors (Lipinski definition) is 5. The van der Waals surface area contributed by atoms with Crippen LogP contribution in [0.3, 0.4) is 0 Å². The molecule has 0 radical (unpaired) electrons. The fourth-order valence-corrected chi connectivity index (χ4v) is 3.49. The monoisotopic (exact) mass is 269 g/mol. The van der Waals surface area contributed by atoms with Crippen LogP contribution in [0.25, 0.3) is 0 Å². The van der Waals surface area contributed by atoms with Gasteiger partial charge in [-0.25, -0.2) is 0 Å². The maximum Gasteiger partial charge on any atom is 0.326 e. The molecule has 1 aromatic heterocycles. The van der Waals surface area contributed by atoms with Gasteiger partial charge >= 0.3 is 5.97 Å². The molecule has 1 heterocycles. The zero-order chi connectivity index (χ0) is 13.0. The van der Waals surface area contributed by atoms with E-state index < -0.39 is 5.54 Å². The smallest absolute Gasteiger partial charge is 0.326 e. The van der Waals surface area contributed by atoms with Gasteiger partial charge in [0.25, 0.3) is 0 Å². The number of rotatable bonds is 5. The summed E-state index contributed by atoms with van der Waals surface area (Å²) in [4.78, 5) is 11.8. The lowest BCUT2D eigenvalue weighted by molar-refractivity contribution is -0.149. The molecule has 1 saturated carbocycles. The highest BCUT2D eigenvalue weighted by Crippen LogP contribution is 2.37. The Kier molecular flexibility index (Phi) is 4.35. The van der Waals surface area contributed by atoms with Crippen molar-refractivity contribution in [1.82, 2.24) is 0 Å². The van der Waals surface area contributed by atoms with Gasteiger partial charge in [0.2, 0.25) is 0 Å². The van der Waals surface area contributed by atoms with E-state index in [1.165, 1.54) is 0 Å². The summed E-state index contributed by atoms with van der Waals surface area (Å²) >= 11 is 1.80. The topological polar surface area (TPSA) is 65.5 Å². The fourth-order valence-electron chi connectivity index (χ4n) is 2.23. The van der Waals surface area contributed by atoms with E-state index in [0.717, 1.165) is 17.9 Å². The summed E-state index contributed by atoms with van der Waals surface area (Å²) < 4.78 is 10.3. The molecular weight excluding hydrogens is 250 g/mol. The van der Waals surface area contributed by atoms with Crippen molar-refractivity contribution >= 4 is 17.7 Å². The van der Waals surface area contributed by atoms with Crippen LogP contribution in [0.5, 0.6) is 0 Å². The summed E-state index contributed by atoms with van der Waals surface area (Å²) in [5.41, 5.74) is 5.34. The van der Waals surface area contributed by atoms with Gasteiger partial charge in [-0.1, -0.05) is 0 Å². The third-order valence-corrected chi connectivity index (χ3v) is 4.55. The first-order chi connectivity index (χ1) is 8.64. The van der Waals surface area contributed by atoms with E-state index in [-0.39, 0.29) is 5.97 Å². The second-order valence-electron chi connectivity index (χ2n) is 4.63. The molecule has 0 aliphatic heterocycles. The number of ether oxygens (including phenoxy) is 1. The summed E-state index contributed by atoms with van der Waals surface area (Å²) in [5, 5.41) is 0.407. The van der Waals surface area contributed by atoms with Gasteiger partial charge in [0.15, 0.2) is 0 Å². The molecule has 100 valence electrons. The molecule has 0 aromatic carbocycles. The summed E-state index contributed by atoms with van der Waals surface area (Å²) in [6.45, 7) is 2.20. The first-order valence-corrected chi connectivity index (χ1v) is 7.29. The average molecular weight is 269 g/mol. The molecule has 1 fully saturated rings. The number of carbonyl (C=O) groups excluding carboxylic acids is 1. The summed E-state index contributed by atoms with van der Waals surface area (Å²) in [6.07, 6.45) is 4.04. The Labute approximate surface area is 111 Å². The molecule has 0 bridgehead atoms. The summed E-state index contributed by atoms with van der Waals surface area (Å²) in [5.74, 6) is 1.54. The lowest BCUT2D eigenvalue weighted by Crippen LogP contribution is -2.47. The van der Waals surface area contributed by atoms with Gasteiger partial charge in [-0.15, -0.1) is 0 Å². The van der Waals surface area contributed by atoms with Gasteiger partial charge in [0.1, 0.15) is 11.3 Å². The molecule has 4 nitrogen and oxygen atoms in total. The molecule has 2 N–H and O–H groups in total. The number of esters is 1. The predicted molar refractivity (Wildman–Crippen MR) is 71.2 cm³/mol. The Morgan fingerprint density at radius 1 is 1.72 bits per heavy atom. The van der Waals surface area contributed by atoms with E-state index in [1.807, 2.05) is 12.1 Å². The minimum atomic E-state index is -0.781. The van der Waals surface area contributed by atoms with Crippen molar-refractivity contribution < 1.29 is 13.9 Å². The zero-order valence-corrected chi connectivity index (χ0v) is 11.4. The number of carbonyl (C=O) groups is 1. The van der Waals surface area contributed by atoms with Crippen LogP contribution in [-0.2, 0) is 15.3 Å². The van der Waals surface area contributed by atoms with Gasteiger partial charge in [-0.2, -0.15) is 11.8 Å². The maximum atomic E-state index is 11.8. The highest BCUT2D eigenvalue weighted by atomic mass is 32.2. The molecule has 0 amide bonds. The van der Waals surface area contributed by atoms with E-state index in [9.17, 15) is 4.79 Å². The van der Waals surface area contributed by atoms with Gasteiger partial charge in [-0.3, -0.25) is 4.79 Å². The first kappa shape index (κ1) is 13.5. The highest BCUT2D eigenvalue weighted by Gasteiger charge is 2.43. The van der Waals surface area contributed by atoms with E-state index in [2.05, 4.69) is 0 Å². The zero-order valence-electron chi connectivity index (χ0n) is 10.6. The largest absolute Gasteiger partial charge is 0.468 e. The number of thioether (sulfide) groups is 1. The first-order valence-electron chi connectivity index (χ1n) is 6.24. The Hall–Kier alpha value is -0.940. The van der Waals surface area contributed by atoms with Crippen molar-refractivity contribution in [2.24, 2.45) is 5.73 Å². The van der Waals surface area contributed by atoms with Crippen molar-refractivity contribution in [3.05, 3.63) is 24.2 Å². The molecular formula is C13H19NO3S. The summed E-state index contributed by atoms with van der Waals surface area (Å²) in [6, 6.07) is 3.85. The molecule has 0 saturated heterocycles. The van der Waals surface area contributed by atoms with Crippen LogP contribution in [-0.4, -0.2) is 23.4 Å². The van der Waals surface area contributed by atoms with Crippen molar-refractivity contribution in [2.75, 3.05) is 6.61 Å². The fraction of sp³-hybridized carbons (Fsp3) is 0.615. The lowest BCUT2D eigenvalue weighted by Gasteiger charge is -2.21. The molecule has 1 aromatic rings. The maximum absolute atomic E-state index is 11.8. The second-order valence-corrected chi connectivity index (χ2v) is 5.92. The second kappa shape index (κ2) is 5.80. The average Bonchev–Trinajstić information content (AvgIpc) is 2.97. The summed E-state index contributed by atoms with van der Waals surface area (Å²) in [7, 11) is 0. The van der Waals surface area contributed by atoms with Gasteiger partial charge in [0.05, 0.1) is 18.6 Å². The lowest BCUT2D eigenvalue weighted by atomic mass is 10.00. The quantitative estimate of drug-likeness (QED) is 0.831. The molecule has 2 rings (SSSR count). The Morgan fingerprint density at radius 2 is 2.56 bits per heavy atom. The third-order valence-electron chi connectivity index (χ3n) is 3.23. The molecule has 2 atom stereocenters. The van der Waals surface area contributed by atoms with E-state index in [0.29, 0.717) is 24.7 Å². The molecule has 1 aliphatic carbocycles. The van der Waals surface area contributed by atoms with Gasteiger partial charge in [-0.05, 0) is 38.3 Å². The number of furan rings is 1. The predicted octanol–water partition coefficient (Wildman–Crippen LogP) is 2.33. The SMILES string of the molecule is CCOC(=O)C1(N)CCC(SCc2ccco2)C1. The third kappa shape index (κ3) is 3.09. The van der Waals surface area contributed by atoms with Crippen molar-refractivity contribution in [3.8, 4) is 0 Å². The number of nitrogens with two attached hydrogens (primary N) is 1. The minimum Gasteiger partial charge on any atom is -0.468 e. The van der Waals surface area contributed by atoms with Crippen molar-refractivity contribution in [2.45, 2.75) is 42.7 Å². The molecule has 0 spiro atoms. The molecule has 5 heteroatoms. The van der Waals surface area contributed by atoms with Crippen molar-refractivity contribution in [3.63, 3.8) is 0 Å². The normalized spacial score (nSPS) is 27.3. The van der Waals surface area contributed by atoms with Gasteiger partial charge < -0.3 is 14.9 Å².